The van der Waals surface area contributed by atoms with Crippen molar-refractivity contribution in [2.75, 3.05) is 13.7 Å². The largest absolute Gasteiger partial charge is 0.493 e. The van der Waals surface area contributed by atoms with Crippen molar-refractivity contribution in [3.63, 3.8) is 0 Å². The Morgan fingerprint density at radius 2 is 1.93 bits per heavy atom. The minimum Gasteiger partial charge on any atom is -0.493 e. The second-order valence-electron chi connectivity index (χ2n) is 7.04. The number of esters is 1. The highest BCUT2D eigenvalue weighted by atomic mass is 16.5. The molecule has 1 aromatic heterocycles. The van der Waals surface area contributed by atoms with Crippen molar-refractivity contribution >= 4 is 22.8 Å². The minimum absolute atomic E-state index is 0.0233. The lowest BCUT2D eigenvalue weighted by molar-refractivity contribution is -0.146. The van der Waals surface area contributed by atoms with Gasteiger partial charge in [-0.25, -0.2) is 4.79 Å². The number of amides is 1. The van der Waals surface area contributed by atoms with Gasteiger partial charge in [0, 0.05) is 17.5 Å². The van der Waals surface area contributed by atoms with Crippen LogP contribution < -0.4 is 15.7 Å². The van der Waals surface area contributed by atoms with Gasteiger partial charge in [0.15, 0.2) is 0 Å². The summed E-state index contributed by atoms with van der Waals surface area (Å²) in [7, 11) is 1.38. The normalized spacial score (nSPS) is 19.2. The van der Waals surface area contributed by atoms with Gasteiger partial charge in [-0.2, -0.15) is 0 Å². The lowest BCUT2D eigenvalue weighted by Crippen LogP contribution is -2.40. The number of benzene rings is 1. The summed E-state index contributed by atoms with van der Waals surface area (Å²) in [5.41, 5.74) is -0.320. The average Bonchev–Trinajstić information content (AvgIpc) is 2.71. The van der Waals surface area contributed by atoms with E-state index in [-0.39, 0.29) is 23.5 Å². The molecule has 7 heteroatoms. The number of nitrogens with one attached hydrogen (secondary N) is 1. The van der Waals surface area contributed by atoms with E-state index in [2.05, 4.69) is 5.32 Å². The number of hydrogen-bond acceptors (Lipinski definition) is 6. The Morgan fingerprint density at radius 1 is 1.18 bits per heavy atom. The number of rotatable bonds is 6. The molecule has 1 heterocycles. The Morgan fingerprint density at radius 3 is 2.61 bits per heavy atom. The summed E-state index contributed by atoms with van der Waals surface area (Å²) in [5, 5.41) is 3.54. The van der Waals surface area contributed by atoms with Crippen LogP contribution in [0, 0.1) is 5.92 Å². The Bertz CT molecular complexity index is 911. The molecule has 0 saturated heterocycles. The molecule has 150 valence electrons. The number of carbonyl (C=O) groups excluding carboxylic acids is 2. The van der Waals surface area contributed by atoms with Crippen LogP contribution in [0.25, 0.3) is 11.0 Å². The van der Waals surface area contributed by atoms with Crippen LogP contribution in [0.5, 0.6) is 5.75 Å². The summed E-state index contributed by atoms with van der Waals surface area (Å²) in [6.45, 7) is 2.59. The SMILES string of the molecule is CCCOc1ccc2cc(C(=O)NC3CCC(C(=O)OC)CC3)c(=O)oc2c1. The third-order valence-electron chi connectivity index (χ3n) is 5.02. The van der Waals surface area contributed by atoms with Gasteiger partial charge in [-0.1, -0.05) is 6.92 Å². The van der Waals surface area contributed by atoms with E-state index in [0.29, 0.717) is 49.0 Å². The number of hydrogen-bond donors (Lipinski definition) is 1. The molecule has 0 spiro atoms. The molecule has 0 atom stereocenters. The number of ether oxygens (including phenoxy) is 2. The third-order valence-corrected chi connectivity index (χ3v) is 5.02. The first-order valence-corrected chi connectivity index (χ1v) is 9.61. The summed E-state index contributed by atoms with van der Waals surface area (Å²) in [4.78, 5) is 36.5. The maximum atomic E-state index is 12.6. The fourth-order valence-electron chi connectivity index (χ4n) is 3.46. The van der Waals surface area contributed by atoms with E-state index < -0.39 is 11.5 Å². The van der Waals surface area contributed by atoms with E-state index in [4.69, 9.17) is 13.9 Å². The van der Waals surface area contributed by atoms with Gasteiger partial charge in [0.25, 0.3) is 5.91 Å². The fourth-order valence-corrected chi connectivity index (χ4v) is 3.46. The van der Waals surface area contributed by atoms with Crippen molar-refractivity contribution in [1.82, 2.24) is 5.32 Å². The highest BCUT2D eigenvalue weighted by molar-refractivity contribution is 5.96. The molecule has 28 heavy (non-hydrogen) atoms. The van der Waals surface area contributed by atoms with E-state index in [1.165, 1.54) is 7.11 Å². The van der Waals surface area contributed by atoms with Crippen LogP contribution in [-0.2, 0) is 9.53 Å². The van der Waals surface area contributed by atoms with E-state index in [1.54, 1.807) is 24.3 Å². The van der Waals surface area contributed by atoms with Crippen molar-refractivity contribution in [2.24, 2.45) is 5.92 Å². The zero-order valence-electron chi connectivity index (χ0n) is 16.2. The third kappa shape index (κ3) is 4.52. The van der Waals surface area contributed by atoms with Crippen molar-refractivity contribution in [1.29, 1.82) is 0 Å². The standard InChI is InChI=1S/C21H25NO6/c1-3-10-27-16-9-6-14-11-17(21(25)28-18(14)12-16)19(23)22-15-7-4-13(5-8-15)20(24)26-2/h6,9,11-13,15H,3-5,7-8,10H2,1-2H3,(H,22,23). The summed E-state index contributed by atoms with van der Waals surface area (Å²) in [5.74, 6) is -0.157. The molecule has 1 saturated carbocycles. The van der Waals surface area contributed by atoms with Gasteiger partial charge in [-0.15, -0.1) is 0 Å². The van der Waals surface area contributed by atoms with Gasteiger partial charge in [-0.3, -0.25) is 9.59 Å². The van der Waals surface area contributed by atoms with Gasteiger partial charge >= 0.3 is 11.6 Å². The summed E-state index contributed by atoms with van der Waals surface area (Å²) in [6.07, 6.45) is 3.53. The van der Waals surface area contributed by atoms with Crippen molar-refractivity contribution in [3.05, 3.63) is 40.2 Å². The monoisotopic (exact) mass is 387 g/mol. The van der Waals surface area contributed by atoms with Crippen LogP contribution in [0.15, 0.2) is 33.5 Å². The predicted molar refractivity (Wildman–Crippen MR) is 103 cm³/mol. The molecule has 1 aromatic carbocycles. The van der Waals surface area contributed by atoms with Gasteiger partial charge in [-0.05, 0) is 50.3 Å². The van der Waals surface area contributed by atoms with Crippen LogP contribution in [0.2, 0.25) is 0 Å². The quantitative estimate of drug-likeness (QED) is 0.605. The van der Waals surface area contributed by atoms with E-state index in [9.17, 15) is 14.4 Å². The average molecular weight is 387 g/mol. The topological polar surface area (TPSA) is 94.8 Å². The second kappa shape index (κ2) is 8.91. The number of fused-ring (bicyclic) bond motifs is 1. The lowest BCUT2D eigenvalue weighted by Gasteiger charge is -2.27. The Hall–Kier alpha value is -2.83. The molecule has 0 bridgehead atoms. The van der Waals surface area contributed by atoms with Crippen molar-refractivity contribution < 1.29 is 23.5 Å². The first-order valence-electron chi connectivity index (χ1n) is 9.61. The molecular weight excluding hydrogens is 362 g/mol. The summed E-state index contributed by atoms with van der Waals surface area (Å²) >= 11 is 0. The molecule has 1 amide bonds. The zero-order chi connectivity index (χ0) is 20.1. The smallest absolute Gasteiger partial charge is 0.349 e. The van der Waals surface area contributed by atoms with Crippen LogP contribution >= 0.6 is 0 Å². The molecule has 0 radical (unpaired) electrons. The van der Waals surface area contributed by atoms with Crippen molar-refractivity contribution in [3.8, 4) is 5.75 Å². The molecule has 3 rings (SSSR count). The molecule has 2 aromatic rings. The summed E-state index contributed by atoms with van der Waals surface area (Å²) < 4.78 is 15.6. The van der Waals surface area contributed by atoms with Crippen LogP contribution in [0.1, 0.15) is 49.4 Å². The molecule has 1 N–H and O–H groups in total. The van der Waals surface area contributed by atoms with E-state index in [0.717, 1.165) is 6.42 Å². The molecule has 0 unspecified atom stereocenters. The van der Waals surface area contributed by atoms with Crippen LogP contribution in [0.3, 0.4) is 0 Å². The van der Waals surface area contributed by atoms with Gasteiger partial charge in [0.1, 0.15) is 16.9 Å². The Labute approximate surface area is 163 Å². The summed E-state index contributed by atoms with van der Waals surface area (Å²) in [6, 6.07) is 6.67. The first-order chi connectivity index (χ1) is 13.5. The van der Waals surface area contributed by atoms with E-state index >= 15 is 0 Å². The molecule has 0 aliphatic heterocycles. The van der Waals surface area contributed by atoms with E-state index in [1.807, 2.05) is 6.92 Å². The zero-order valence-corrected chi connectivity index (χ0v) is 16.2. The Balaban J connectivity index is 1.69. The first kappa shape index (κ1) is 19.9. The molecule has 1 aliphatic carbocycles. The minimum atomic E-state index is -0.680. The maximum absolute atomic E-state index is 12.6. The van der Waals surface area contributed by atoms with Crippen LogP contribution in [0.4, 0.5) is 0 Å². The highest BCUT2D eigenvalue weighted by Crippen LogP contribution is 2.26. The maximum Gasteiger partial charge on any atom is 0.349 e. The van der Waals surface area contributed by atoms with Gasteiger partial charge in [0.2, 0.25) is 0 Å². The molecule has 1 aliphatic rings. The predicted octanol–water partition coefficient (Wildman–Crippen LogP) is 3.04. The Kier molecular flexibility index (Phi) is 6.34. The number of methoxy groups -OCH3 is 1. The fraction of sp³-hybridized carbons (Fsp3) is 0.476. The molecular formula is C21H25NO6. The van der Waals surface area contributed by atoms with Gasteiger partial charge in [0.05, 0.1) is 19.6 Å². The van der Waals surface area contributed by atoms with Crippen molar-refractivity contribution in [2.45, 2.75) is 45.1 Å². The van der Waals surface area contributed by atoms with Gasteiger partial charge < -0.3 is 19.2 Å². The number of carbonyl (C=O) groups is 2. The molecule has 7 nitrogen and oxygen atoms in total. The van der Waals surface area contributed by atoms with Crippen LogP contribution in [-0.4, -0.2) is 31.6 Å². The highest BCUT2D eigenvalue weighted by Gasteiger charge is 2.28. The lowest BCUT2D eigenvalue weighted by atomic mass is 9.86. The molecule has 1 fully saturated rings. The second-order valence-corrected chi connectivity index (χ2v) is 7.04.